The molecule has 3 aromatic rings. The number of rotatable bonds is 6. The first kappa shape index (κ1) is 21.1. The molecule has 30 heavy (non-hydrogen) atoms. The maximum absolute atomic E-state index is 13.3. The van der Waals surface area contributed by atoms with Gasteiger partial charge in [-0.25, -0.2) is 4.68 Å². The van der Waals surface area contributed by atoms with Crippen molar-refractivity contribution in [3.05, 3.63) is 70.8 Å². The Hall–Kier alpha value is -3.62. The van der Waals surface area contributed by atoms with E-state index in [0.29, 0.717) is 11.4 Å². The van der Waals surface area contributed by atoms with E-state index < -0.39 is 29.1 Å². The molecule has 0 bridgehead atoms. The average Bonchev–Trinajstić information content (AvgIpc) is 2.73. The van der Waals surface area contributed by atoms with E-state index in [1.165, 1.54) is 19.1 Å². The summed E-state index contributed by atoms with van der Waals surface area (Å²) >= 11 is 0. The number of nitrogens with one attached hydrogen (secondary N) is 1. The van der Waals surface area contributed by atoms with Crippen molar-refractivity contribution in [2.45, 2.75) is 25.8 Å². The third-order valence-corrected chi connectivity index (χ3v) is 4.42. The van der Waals surface area contributed by atoms with E-state index in [0.717, 1.165) is 29.4 Å². The van der Waals surface area contributed by atoms with Gasteiger partial charge in [0.25, 0.3) is 11.5 Å². The molecule has 0 aliphatic carbocycles. The summed E-state index contributed by atoms with van der Waals surface area (Å²) in [5, 5.41) is 6.86. The molecule has 1 amide bonds. The second kappa shape index (κ2) is 8.40. The molecule has 0 radical (unpaired) electrons. The fourth-order valence-corrected chi connectivity index (χ4v) is 2.72. The minimum absolute atomic E-state index is 0.233. The summed E-state index contributed by atoms with van der Waals surface area (Å²) < 4.78 is 32.8. The average molecular weight is 414 g/mol. The van der Waals surface area contributed by atoms with Crippen LogP contribution in [0.5, 0.6) is 5.75 Å². The number of anilines is 1. The minimum atomic E-state index is -3.08. The van der Waals surface area contributed by atoms with Crippen LogP contribution in [-0.4, -0.2) is 27.8 Å². The van der Waals surface area contributed by atoms with Gasteiger partial charge < -0.3 is 10.1 Å². The summed E-state index contributed by atoms with van der Waals surface area (Å²) in [6, 6.07) is 11.5. The lowest BCUT2D eigenvalue weighted by Gasteiger charge is -2.15. The lowest BCUT2D eigenvalue weighted by Crippen LogP contribution is -2.33. The highest BCUT2D eigenvalue weighted by Gasteiger charge is 2.26. The molecule has 1 N–H and O–H groups in total. The molecule has 0 aliphatic heterocycles. The monoisotopic (exact) mass is 414 g/mol. The highest BCUT2D eigenvalue weighted by Crippen LogP contribution is 2.26. The summed E-state index contributed by atoms with van der Waals surface area (Å²) in [4.78, 5) is 28.5. The number of methoxy groups -OCH3 is 1. The van der Waals surface area contributed by atoms with Gasteiger partial charge in [-0.2, -0.15) is 13.9 Å². The van der Waals surface area contributed by atoms with Crippen LogP contribution in [-0.2, 0) is 10.7 Å². The zero-order chi connectivity index (χ0) is 21.9. The maximum atomic E-state index is 13.3. The summed E-state index contributed by atoms with van der Waals surface area (Å²) in [5.74, 6) is -2.98. The Labute approximate surface area is 171 Å². The molecule has 0 spiro atoms. The number of aromatic nitrogens is 3. The number of hydrogen-bond donors (Lipinski definition) is 1. The first-order valence-corrected chi connectivity index (χ1v) is 9.08. The van der Waals surface area contributed by atoms with E-state index in [4.69, 9.17) is 4.74 Å². The van der Waals surface area contributed by atoms with E-state index in [1.54, 1.807) is 37.4 Å². The minimum Gasteiger partial charge on any atom is -0.497 e. The second-order valence-corrected chi connectivity index (χ2v) is 6.72. The van der Waals surface area contributed by atoms with Crippen molar-refractivity contribution in [1.29, 1.82) is 0 Å². The molecule has 3 rings (SSSR count). The van der Waals surface area contributed by atoms with Crippen molar-refractivity contribution in [2.75, 3.05) is 12.4 Å². The SMILES string of the molecule is COc1cccc(-c2ccc(=O)n(C(C)C(=O)Nc3ccc(C(C)(F)F)nc3)n2)c1. The zero-order valence-corrected chi connectivity index (χ0v) is 16.6. The van der Waals surface area contributed by atoms with Gasteiger partial charge in [0.2, 0.25) is 5.91 Å². The second-order valence-electron chi connectivity index (χ2n) is 6.72. The molecule has 0 aliphatic rings. The number of amides is 1. The van der Waals surface area contributed by atoms with Gasteiger partial charge in [0.05, 0.1) is 24.7 Å². The van der Waals surface area contributed by atoms with Crippen LogP contribution in [0.3, 0.4) is 0 Å². The van der Waals surface area contributed by atoms with Crippen molar-refractivity contribution in [1.82, 2.24) is 14.8 Å². The number of carbonyl (C=O) groups excluding carboxylic acids is 1. The van der Waals surface area contributed by atoms with E-state index in [9.17, 15) is 18.4 Å². The Bertz CT molecular complexity index is 1110. The van der Waals surface area contributed by atoms with Crippen LogP contribution in [0.15, 0.2) is 59.5 Å². The third-order valence-electron chi connectivity index (χ3n) is 4.42. The molecule has 7 nitrogen and oxygen atoms in total. The number of hydrogen-bond acceptors (Lipinski definition) is 5. The van der Waals surface area contributed by atoms with Gasteiger partial charge >= 0.3 is 0 Å². The van der Waals surface area contributed by atoms with Gasteiger partial charge in [0, 0.05) is 18.6 Å². The maximum Gasteiger partial charge on any atom is 0.286 e. The van der Waals surface area contributed by atoms with Gasteiger partial charge in [-0.1, -0.05) is 12.1 Å². The van der Waals surface area contributed by atoms with Crippen LogP contribution in [0.4, 0.5) is 14.5 Å². The van der Waals surface area contributed by atoms with Crippen molar-refractivity contribution in [3.63, 3.8) is 0 Å². The zero-order valence-electron chi connectivity index (χ0n) is 16.6. The van der Waals surface area contributed by atoms with Gasteiger partial charge in [-0.15, -0.1) is 0 Å². The topological polar surface area (TPSA) is 86.1 Å². The van der Waals surface area contributed by atoms with Gasteiger partial charge in [0.15, 0.2) is 0 Å². The molecular formula is C21H20F2N4O3. The molecule has 1 atom stereocenters. The summed E-state index contributed by atoms with van der Waals surface area (Å²) in [7, 11) is 1.54. The van der Waals surface area contributed by atoms with Crippen molar-refractivity contribution in [2.24, 2.45) is 0 Å². The summed E-state index contributed by atoms with van der Waals surface area (Å²) in [5.41, 5.74) is 0.581. The number of nitrogens with zero attached hydrogens (tertiary/aromatic N) is 3. The predicted octanol–water partition coefficient (Wildman–Crippen LogP) is 3.63. The van der Waals surface area contributed by atoms with Crippen LogP contribution >= 0.6 is 0 Å². The fraction of sp³-hybridized carbons (Fsp3) is 0.238. The van der Waals surface area contributed by atoms with Crippen LogP contribution in [0.25, 0.3) is 11.3 Å². The highest BCUT2D eigenvalue weighted by atomic mass is 19.3. The number of alkyl halides is 2. The lowest BCUT2D eigenvalue weighted by molar-refractivity contribution is -0.119. The molecule has 0 saturated heterocycles. The van der Waals surface area contributed by atoms with Crippen LogP contribution in [0.1, 0.15) is 25.6 Å². The van der Waals surface area contributed by atoms with Crippen LogP contribution in [0, 0.1) is 0 Å². The van der Waals surface area contributed by atoms with Crippen LogP contribution in [0.2, 0.25) is 0 Å². The van der Waals surface area contributed by atoms with Crippen molar-refractivity contribution >= 4 is 11.6 Å². The van der Waals surface area contributed by atoms with Gasteiger partial charge in [0.1, 0.15) is 17.5 Å². The van der Waals surface area contributed by atoms with E-state index >= 15 is 0 Å². The summed E-state index contributed by atoms with van der Waals surface area (Å²) in [6.45, 7) is 2.25. The Balaban J connectivity index is 1.82. The molecule has 0 saturated carbocycles. The molecule has 9 heteroatoms. The van der Waals surface area contributed by atoms with Crippen molar-refractivity contribution < 1.29 is 18.3 Å². The number of halogens is 2. The van der Waals surface area contributed by atoms with E-state index in [-0.39, 0.29) is 5.69 Å². The predicted molar refractivity (Wildman–Crippen MR) is 108 cm³/mol. The Morgan fingerprint density at radius 3 is 2.60 bits per heavy atom. The smallest absolute Gasteiger partial charge is 0.286 e. The first-order valence-electron chi connectivity index (χ1n) is 9.08. The Morgan fingerprint density at radius 1 is 1.20 bits per heavy atom. The molecular weight excluding hydrogens is 394 g/mol. The molecule has 2 aromatic heterocycles. The fourth-order valence-electron chi connectivity index (χ4n) is 2.72. The van der Waals surface area contributed by atoms with E-state index in [2.05, 4.69) is 15.4 Å². The number of pyridine rings is 1. The Morgan fingerprint density at radius 2 is 1.97 bits per heavy atom. The normalized spacial score (nSPS) is 12.3. The highest BCUT2D eigenvalue weighted by molar-refractivity contribution is 5.93. The van der Waals surface area contributed by atoms with Gasteiger partial charge in [-0.3, -0.25) is 14.6 Å². The standard InChI is InChI=1S/C21H20F2N4O3/c1-13(20(29)25-15-7-9-18(24-12-15)21(2,22)23)27-19(28)10-8-17(26-27)14-5-4-6-16(11-14)30-3/h4-13H,1-3H3,(H,25,29). The largest absolute Gasteiger partial charge is 0.497 e. The molecule has 2 heterocycles. The third kappa shape index (κ3) is 4.68. The summed E-state index contributed by atoms with van der Waals surface area (Å²) in [6.07, 6.45) is 1.14. The van der Waals surface area contributed by atoms with Gasteiger partial charge in [-0.05, 0) is 37.3 Å². The molecule has 1 unspecified atom stereocenters. The first-order chi connectivity index (χ1) is 14.2. The van der Waals surface area contributed by atoms with Crippen LogP contribution < -0.4 is 15.6 Å². The van der Waals surface area contributed by atoms with Crippen molar-refractivity contribution in [3.8, 4) is 17.0 Å². The quantitative estimate of drug-likeness (QED) is 0.666. The number of benzene rings is 1. The number of carbonyl (C=O) groups is 1. The van der Waals surface area contributed by atoms with E-state index in [1.807, 2.05) is 0 Å². The lowest BCUT2D eigenvalue weighted by atomic mass is 10.1. The Kier molecular flexibility index (Phi) is 5.91. The molecule has 156 valence electrons. The molecule has 1 aromatic carbocycles. The molecule has 0 fully saturated rings. The number of ether oxygens (including phenoxy) is 1.